The van der Waals surface area contributed by atoms with E-state index >= 15 is 0 Å². The van der Waals surface area contributed by atoms with Crippen molar-refractivity contribution in [1.82, 2.24) is 10.1 Å². The smallest absolute Gasteiger partial charge is 0.276 e. The molecule has 4 rings (SSSR count). The van der Waals surface area contributed by atoms with Gasteiger partial charge in [-0.1, -0.05) is 35.5 Å². The van der Waals surface area contributed by atoms with Crippen LogP contribution in [0, 0.1) is 5.92 Å². The van der Waals surface area contributed by atoms with Gasteiger partial charge in [-0.05, 0) is 36.6 Å². The Morgan fingerprint density at radius 1 is 1.15 bits per heavy atom. The number of rotatable bonds is 6. The van der Waals surface area contributed by atoms with E-state index in [-0.39, 0.29) is 5.91 Å². The number of hydrogen-bond acceptors (Lipinski definition) is 5. The van der Waals surface area contributed by atoms with Crippen LogP contribution < -0.4 is 0 Å². The molecule has 6 heteroatoms. The zero-order valence-electron chi connectivity index (χ0n) is 15.0. The van der Waals surface area contributed by atoms with Crippen molar-refractivity contribution in [2.45, 2.75) is 18.6 Å². The van der Waals surface area contributed by atoms with Gasteiger partial charge in [0, 0.05) is 24.7 Å². The number of furan rings is 1. The summed E-state index contributed by atoms with van der Waals surface area (Å²) in [6.45, 7) is 1.55. The Balaban J connectivity index is 1.27. The quantitative estimate of drug-likeness (QED) is 0.617. The van der Waals surface area contributed by atoms with E-state index in [1.54, 1.807) is 12.3 Å². The molecule has 1 amide bonds. The van der Waals surface area contributed by atoms with E-state index in [4.69, 9.17) is 8.94 Å². The minimum absolute atomic E-state index is 0.0392. The Kier molecular flexibility index (Phi) is 5.63. The first-order valence-corrected chi connectivity index (χ1v) is 10.4. The predicted octanol–water partition coefficient (Wildman–Crippen LogP) is 4.72. The minimum Gasteiger partial charge on any atom is -0.468 e. The average Bonchev–Trinajstić information content (AvgIpc) is 3.41. The van der Waals surface area contributed by atoms with Crippen LogP contribution in [0.2, 0.25) is 0 Å². The second-order valence-electron chi connectivity index (χ2n) is 6.77. The van der Waals surface area contributed by atoms with Crippen LogP contribution in [0.4, 0.5) is 0 Å². The molecule has 0 N–H and O–H groups in total. The Hall–Kier alpha value is -2.47. The average molecular weight is 382 g/mol. The number of likely N-dealkylation sites (tertiary alicyclic amines) is 1. The topological polar surface area (TPSA) is 59.5 Å². The van der Waals surface area contributed by atoms with Crippen molar-refractivity contribution in [1.29, 1.82) is 0 Å². The summed E-state index contributed by atoms with van der Waals surface area (Å²) < 4.78 is 10.7. The highest BCUT2D eigenvalue weighted by Gasteiger charge is 2.25. The molecule has 0 unspecified atom stereocenters. The lowest BCUT2D eigenvalue weighted by atomic mass is 9.99. The van der Waals surface area contributed by atoms with Crippen LogP contribution in [0.5, 0.6) is 0 Å². The number of amides is 1. The van der Waals surface area contributed by atoms with Gasteiger partial charge in [-0.15, -0.1) is 0 Å². The molecule has 2 aromatic heterocycles. The van der Waals surface area contributed by atoms with Gasteiger partial charge in [0.15, 0.2) is 11.5 Å². The lowest BCUT2D eigenvalue weighted by molar-refractivity contribution is 0.0688. The molecule has 0 atom stereocenters. The molecular formula is C21H22N2O3S. The molecule has 5 nitrogen and oxygen atoms in total. The summed E-state index contributed by atoms with van der Waals surface area (Å²) >= 11 is 1.90. The molecule has 0 bridgehead atoms. The van der Waals surface area contributed by atoms with Crippen molar-refractivity contribution in [3.63, 3.8) is 0 Å². The van der Waals surface area contributed by atoms with Gasteiger partial charge < -0.3 is 13.8 Å². The van der Waals surface area contributed by atoms with E-state index in [0.717, 1.165) is 48.8 Å². The summed E-state index contributed by atoms with van der Waals surface area (Å²) in [5, 5.41) is 3.98. The van der Waals surface area contributed by atoms with Crippen molar-refractivity contribution < 1.29 is 13.7 Å². The second kappa shape index (κ2) is 8.48. The molecular weight excluding hydrogens is 360 g/mol. The first-order chi connectivity index (χ1) is 13.3. The number of benzene rings is 1. The van der Waals surface area contributed by atoms with E-state index in [1.165, 1.54) is 0 Å². The van der Waals surface area contributed by atoms with Crippen LogP contribution in [0.1, 0.15) is 29.1 Å². The summed E-state index contributed by atoms with van der Waals surface area (Å²) in [6.07, 6.45) is 3.77. The first kappa shape index (κ1) is 17.9. The molecule has 0 aliphatic carbocycles. The molecule has 1 aromatic carbocycles. The number of aromatic nitrogens is 1. The second-order valence-corrected chi connectivity index (χ2v) is 7.80. The third kappa shape index (κ3) is 4.45. The highest BCUT2D eigenvalue weighted by atomic mass is 32.2. The summed E-state index contributed by atoms with van der Waals surface area (Å²) in [7, 11) is 0. The zero-order valence-corrected chi connectivity index (χ0v) is 15.9. The van der Waals surface area contributed by atoms with Gasteiger partial charge in [0.1, 0.15) is 5.76 Å². The van der Waals surface area contributed by atoms with Gasteiger partial charge in [0.25, 0.3) is 5.91 Å². The number of nitrogens with zero attached hydrogens (tertiary/aromatic N) is 2. The van der Waals surface area contributed by atoms with Crippen molar-refractivity contribution in [2.75, 3.05) is 18.8 Å². The highest BCUT2D eigenvalue weighted by molar-refractivity contribution is 7.98. The van der Waals surface area contributed by atoms with Crippen molar-refractivity contribution in [3.05, 3.63) is 66.2 Å². The largest absolute Gasteiger partial charge is 0.468 e. The first-order valence-electron chi connectivity index (χ1n) is 9.21. The molecule has 3 heterocycles. The van der Waals surface area contributed by atoms with E-state index in [9.17, 15) is 4.79 Å². The molecule has 1 fully saturated rings. The third-order valence-corrected chi connectivity index (χ3v) is 6.06. The van der Waals surface area contributed by atoms with Crippen LogP contribution in [-0.4, -0.2) is 34.8 Å². The van der Waals surface area contributed by atoms with Gasteiger partial charge in [0.2, 0.25) is 0 Å². The number of carbonyl (C=O) groups is 1. The standard InChI is InChI=1S/C21H22N2O3S/c24-21(19-13-20(26-22-19)17-5-2-1-3-6-17)23-10-8-16(9-11-23)14-27-15-18-7-4-12-25-18/h1-7,12-13,16H,8-11,14-15H2. The Morgan fingerprint density at radius 3 is 2.70 bits per heavy atom. The van der Waals surface area contributed by atoms with Gasteiger partial charge in [-0.2, -0.15) is 11.8 Å². The van der Waals surface area contributed by atoms with Crippen molar-refractivity contribution in [2.24, 2.45) is 5.92 Å². The molecule has 1 saturated heterocycles. The van der Waals surface area contributed by atoms with Crippen LogP contribution in [0.15, 0.2) is 63.7 Å². The van der Waals surface area contributed by atoms with Gasteiger partial charge >= 0.3 is 0 Å². The fourth-order valence-corrected chi connectivity index (χ4v) is 4.45. The SMILES string of the molecule is O=C(c1cc(-c2ccccc2)on1)N1CCC(CSCc2ccco2)CC1. The Bertz CT molecular complexity index is 853. The van der Waals surface area contributed by atoms with E-state index < -0.39 is 0 Å². The maximum absolute atomic E-state index is 12.7. The normalized spacial score (nSPS) is 15.2. The fraction of sp³-hybridized carbons (Fsp3) is 0.333. The molecule has 140 valence electrons. The van der Waals surface area contributed by atoms with Crippen LogP contribution >= 0.6 is 11.8 Å². The number of hydrogen-bond donors (Lipinski definition) is 0. The molecule has 0 saturated carbocycles. The monoisotopic (exact) mass is 382 g/mol. The number of piperidine rings is 1. The molecule has 27 heavy (non-hydrogen) atoms. The Morgan fingerprint density at radius 2 is 1.96 bits per heavy atom. The van der Waals surface area contributed by atoms with E-state index in [2.05, 4.69) is 5.16 Å². The van der Waals surface area contributed by atoms with Crippen molar-refractivity contribution >= 4 is 17.7 Å². The number of thioether (sulfide) groups is 1. The highest BCUT2D eigenvalue weighted by Crippen LogP contribution is 2.26. The maximum atomic E-state index is 12.7. The van der Waals surface area contributed by atoms with Crippen LogP contribution in [0.3, 0.4) is 0 Å². The summed E-state index contributed by atoms with van der Waals surface area (Å²) in [5.41, 5.74) is 1.32. The van der Waals surface area contributed by atoms with Crippen molar-refractivity contribution in [3.8, 4) is 11.3 Å². The lowest BCUT2D eigenvalue weighted by Gasteiger charge is -2.31. The van der Waals surface area contributed by atoms with Gasteiger partial charge in [-0.3, -0.25) is 4.79 Å². The molecule has 0 radical (unpaired) electrons. The lowest BCUT2D eigenvalue weighted by Crippen LogP contribution is -2.39. The molecule has 1 aliphatic rings. The van der Waals surface area contributed by atoms with Crippen LogP contribution in [0.25, 0.3) is 11.3 Å². The third-order valence-electron chi connectivity index (χ3n) is 4.87. The van der Waals surface area contributed by atoms with Crippen LogP contribution in [-0.2, 0) is 5.75 Å². The molecule has 1 aliphatic heterocycles. The van der Waals surface area contributed by atoms with E-state index in [1.807, 2.05) is 59.1 Å². The maximum Gasteiger partial charge on any atom is 0.276 e. The van der Waals surface area contributed by atoms with E-state index in [0.29, 0.717) is 17.4 Å². The predicted molar refractivity (Wildman–Crippen MR) is 105 cm³/mol. The fourth-order valence-electron chi connectivity index (χ4n) is 3.30. The zero-order chi connectivity index (χ0) is 18.5. The minimum atomic E-state index is -0.0392. The van der Waals surface area contributed by atoms with Gasteiger partial charge in [-0.25, -0.2) is 0 Å². The van der Waals surface area contributed by atoms with Gasteiger partial charge in [0.05, 0.1) is 12.0 Å². The molecule has 0 spiro atoms. The summed E-state index contributed by atoms with van der Waals surface area (Å²) in [6, 6.07) is 15.4. The Labute approximate surface area is 162 Å². The summed E-state index contributed by atoms with van der Waals surface area (Å²) in [5.74, 6) is 4.27. The number of carbonyl (C=O) groups excluding carboxylic acids is 1. The summed E-state index contributed by atoms with van der Waals surface area (Å²) in [4.78, 5) is 14.6. The molecule has 3 aromatic rings.